The van der Waals surface area contributed by atoms with E-state index in [1.54, 1.807) is 0 Å². The van der Waals surface area contributed by atoms with E-state index in [0.29, 0.717) is 0 Å². The van der Waals surface area contributed by atoms with Crippen LogP contribution in [0.3, 0.4) is 0 Å². The lowest BCUT2D eigenvalue weighted by Gasteiger charge is -2.17. The molecule has 0 aromatic heterocycles. The second-order valence-electron chi connectivity index (χ2n) is 4.38. The maximum absolute atomic E-state index is 11.6. The zero-order valence-electron chi connectivity index (χ0n) is 11.9. The largest absolute Gasteiger partial charge is 0.480 e. The van der Waals surface area contributed by atoms with Crippen LogP contribution in [0.2, 0.25) is 0 Å². The van der Waals surface area contributed by atoms with E-state index in [1.807, 2.05) is 5.32 Å². The summed E-state index contributed by atoms with van der Waals surface area (Å²) < 4.78 is 0. The molecule has 0 saturated heterocycles. The average molecular weight is 320 g/mol. The number of aliphatic hydroxyl groups is 2. The molecular weight excluding hydrogens is 300 g/mol. The molecule has 0 rings (SSSR count). The lowest BCUT2D eigenvalue weighted by Crippen LogP contribution is -2.53. The lowest BCUT2D eigenvalue weighted by atomic mass is 10.2. The van der Waals surface area contributed by atoms with Crippen LogP contribution in [-0.4, -0.2) is 76.9 Å². The normalized spacial score (nSPS) is 14.4. The highest BCUT2D eigenvalue weighted by Gasteiger charge is 2.23. The third-order valence-corrected chi connectivity index (χ3v) is 2.52. The number of hydrogen-bond donors (Lipinski definition) is 7. The standard InChI is InChI=1S/C11H20N4O7/c1-5(9(19)15-7(4-17)11(21)22)14-8(18)2-13-10(20)6(12)3-16/h5-7,16-17H,2-4,12H2,1H3,(H,13,20)(H,14,18)(H,15,19)(H,21,22). The minimum Gasteiger partial charge on any atom is -0.480 e. The minimum absolute atomic E-state index is 0.466. The van der Waals surface area contributed by atoms with E-state index < -0.39 is 61.6 Å². The maximum atomic E-state index is 11.6. The van der Waals surface area contributed by atoms with Crippen molar-refractivity contribution in [3.05, 3.63) is 0 Å². The number of hydrogen-bond acceptors (Lipinski definition) is 7. The monoisotopic (exact) mass is 320 g/mol. The van der Waals surface area contributed by atoms with Crippen molar-refractivity contribution in [1.82, 2.24) is 16.0 Å². The average Bonchev–Trinajstić information content (AvgIpc) is 2.48. The van der Waals surface area contributed by atoms with Crippen molar-refractivity contribution in [2.24, 2.45) is 5.73 Å². The Balaban J connectivity index is 4.27. The summed E-state index contributed by atoms with van der Waals surface area (Å²) in [6.07, 6.45) is 0. The molecular formula is C11H20N4O7. The van der Waals surface area contributed by atoms with Crippen LogP contribution >= 0.6 is 0 Å². The number of carbonyl (C=O) groups is 4. The van der Waals surface area contributed by atoms with E-state index in [4.69, 9.17) is 21.1 Å². The van der Waals surface area contributed by atoms with Crippen molar-refractivity contribution in [1.29, 1.82) is 0 Å². The molecule has 11 heteroatoms. The van der Waals surface area contributed by atoms with Gasteiger partial charge in [-0.1, -0.05) is 0 Å². The first kappa shape index (κ1) is 19.8. The zero-order valence-corrected chi connectivity index (χ0v) is 11.9. The number of carbonyl (C=O) groups excluding carboxylic acids is 3. The fraction of sp³-hybridized carbons (Fsp3) is 0.636. The number of aliphatic carboxylic acids is 1. The summed E-state index contributed by atoms with van der Waals surface area (Å²) in [7, 11) is 0. The molecule has 0 spiro atoms. The van der Waals surface area contributed by atoms with Crippen molar-refractivity contribution in [3.63, 3.8) is 0 Å². The Morgan fingerprint density at radius 2 is 1.64 bits per heavy atom. The van der Waals surface area contributed by atoms with Crippen LogP contribution < -0.4 is 21.7 Å². The van der Waals surface area contributed by atoms with Gasteiger partial charge in [-0.15, -0.1) is 0 Å². The van der Waals surface area contributed by atoms with E-state index in [0.717, 1.165) is 0 Å². The third-order valence-electron chi connectivity index (χ3n) is 2.52. The lowest BCUT2D eigenvalue weighted by molar-refractivity contribution is -0.143. The molecule has 0 aliphatic carbocycles. The summed E-state index contributed by atoms with van der Waals surface area (Å²) in [5.74, 6) is -3.68. The van der Waals surface area contributed by atoms with Crippen LogP contribution in [0.15, 0.2) is 0 Å². The Kier molecular flexibility index (Phi) is 8.67. The molecule has 0 fully saturated rings. The van der Waals surface area contributed by atoms with E-state index in [1.165, 1.54) is 6.92 Å². The van der Waals surface area contributed by atoms with Gasteiger partial charge in [0.1, 0.15) is 18.1 Å². The molecule has 3 unspecified atom stereocenters. The Morgan fingerprint density at radius 3 is 2.09 bits per heavy atom. The Bertz CT molecular complexity index is 429. The summed E-state index contributed by atoms with van der Waals surface area (Å²) in [6.45, 7) is -0.543. The van der Waals surface area contributed by atoms with Crippen LogP contribution in [-0.2, 0) is 19.2 Å². The summed E-state index contributed by atoms with van der Waals surface area (Å²) >= 11 is 0. The zero-order chi connectivity index (χ0) is 17.3. The quantitative estimate of drug-likeness (QED) is 0.221. The molecule has 0 saturated carbocycles. The van der Waals surface area contributed by atoms with E-state index in [9.17, 15) is 19.2 Å². The first-order valence-corrected chi connectivity index (χ1v) is 6.30. The Morgan fingerprint density at radius 1 is 1.05 bits per heavy atom. The number of aliphatic hydroxyl groups excluding tert-OH is 2. The fourth-order valence-electron chi connectivity index (χ4n) is 1.22. The van der Waals surface area contributed by atoms with Crippen LogP contribution in [0.25, 0.3) is 0 Å². The van der Waals surface area contributed by atoms with Crippen LogP contribution in [0.5, 0.6) is 0 Å². The van der Waals surface area contributed by atoms with Crippen LogP contribution in [0.4, 0.5) is 0 Å². The second kappa shape index (κ2) is 9.65. The highest BCUT2D eigenvalue weighted by atomic mass is 16.4. The van der Waals surface area contributed by atoms with Gasteiger partial charge < -0.3 is 37.0 Å². The summed E-state index contributed by atoms with van der Waals surface area (Å²) in [4.78, 5) is 44.9. The van der Waals surface area contributed by atoms with Gasteiger partial charge in [-0.05, 0) is 6.92 Å². The summed E-state index contributed by atoms with van der Waals surface area (Å²) in [5.41, 5.74) is 5.21. The Hall–Kier alpha value is -2.24. The van der Waals surface area contributed by atoms with Gasteiger partial charge in [-0.25, -0.2) is 4.79 Å². The maximum Gasteiger partial charge on any atom is 0.328 e. The van der Waals surface area contributed by atoms with Gasteiger partial charge in [-0.2, -0.15) is 0 Å². The number of amides is 3. The van der Waals surface area contributed by atoms with Gasteiger partial charge in [0.2, 0.25) is 17.7 Å². The molecule has 0 aromatic rings. The van der Waals surface area contributed by atoms with Gasteiger partial charge >= 0.3 is 5.97 Å². The fourth-order valence-corrected chi connectivity index (χ4v) is 1.22. The molecule has 126 valence electrons. The second-order valence-corrected chi connectivity index (χ2v) is 4.38. The van der Waals surface area contributed by atoms with Crippen molar-refractivity contribution in [2.45, 2.75) is 25.0 Å². The topological polar surface area (TPSA) is 191 Å². The molecule has 0 aliphatic heterocycles. The van der Waals surface area contributed by atoms with Crippen LogP contribution in [0, 0.1) is 0 Å². The molecule has 11 nitrogen and oxygen atoms in total. The van der Waals surface area contributed by atoms with Gasteiger partial charge in [0.05, 0.1) is 19.8 Å². The smallest absolute Gasteiger partial charge is 0.328 e. The van der Waals surface area contributed by atoms with E-state index >= 15 is 0 Å². The highest BCUT2D eigenvalue weighted by Crippen LogP contribution is 1.88. The molecule has 3 atom stereocenters. The molecule has 3 amide bonds. The molecule has 0 bridgehead atoms. The van der Waals surface area contributed by atoms with E-state index in [-0.39, 0.29) is 0 Å². The third kappa shape index (κ3) is 6.97. The van der Waals surface area contributed by atoms with Gasteiger partial charge in [-0.3, -0.25) is 14.4 Å². The molecule has 0 heterocycles. The van der Waals surface area contributed by atoms with Gasteiger partial charge in [0, 0.05) is 0 Å². The number of nitrogens with two attached hydrogens (primary N) is 1. The predicted molar refractivity (Wildman–Crippen MR) is 72.3 cm³/mol. The first-order valence-electron chi connectivity index (χ1n) is 6.30. The summed E-state index contributed by atoms with van der Waals surface area (Å²) in [5, 5.41) is 32.4. The number of carboxylic acids is 1. The molecule has 0 aromatic carbocycles. The van der Waals surface area contributed by atoms with Crippen molar-refractivity contribution >= 4 is 23.7 Å². The molecule has 0 radical (unpaired) electrons. The van der Waals surface area contributed by atoms with Gasteiger partial charge in [0.15, 0.2) is 0 Å². The number of carboxylic acid groups (broad SMARTS) is 1. The molecule has 8 N–H and O–H groups in total. The van der Waals surface area contributed by atoms with Crippen molar-refractivity contribution in [3.8, 4) is 0 Å². The van der Waals surface area contributed by atoms with Crippen LogP contribution in [0.1, 0.15) is 6.92 Å². The SMILES string of the molecule is CC(NC(=O)CNC(=O)C(N)CO)C(=O)NC(CO)C(=O)O. The predicted octanol–water partition coefficient (Wildman–Crippen LogP) is -4.51. The van der Waals surface area contributed by atoms with Crippen molar-refractivity contribution < 1.29 is 34.5 Å². The Labute approximate surface area is 125 Å². The molecule has 22 heavy (non-hydrogen) atoms. The highest BCUT2D eigenvalue weighted by molar-refractivity contribution is 5.92. The minimum atomic E-state index is -1.48. The first-order chi connectivity index (χ1) is 10.2. The van der Waals surface area contributed by atoms with Crippen molar-refractivity contribution in [2.75, 3.05) is 19.8 Å². The number of rotatable bonds is 9. The summed E-state index contributed by atoms with van der Waals surface area (Å²) in [6, 6.07) is -3.71. The number of nitrogens with one attached hydrogen (secondary N) is 3. The molecule has 0 aliphatic rings. The van der Waals surface area contributed by atoms with E-state index in [2.05, 4.69) is 10.6 Å². The van der Waals surface area contributed by atoms with Gasteiger partial charge in [0.25, 0.3) is 0 Å².